The zero-order chi connectivity index (χ0) is 19.8. The number of rotatable bonds is 4. The van der Waals surface area contributed by atoms with Crippen molar-refractivity contribution < 1.29 is 22.8 Å². The summed E-state index contributed by atoms with van der Waals surface area (Å²) >= 11 is 0. The first-order valence-electron chi connectivity index (χ1n) is 8.11. The van der Waals surface area contributed by atoms with Crippen LogP contribution in [-0.2, 0) is 31.0 Å². The smallest absolute Gasteiger partial charge is 0.323 e. The van der Waals surface area contributed by atoms with Crippen LogP contribution in [0.25, 0.3) is 0 Å². The third-order valence-corrected chi connectivity index (χ3v) is 4.25. The number of aryl methyl sites for hydroxylation is 1. The molecule has 1 aliphatic heterocycles. The summed E-state index contributed by atoms with van der Waals surface area (Å²) in [6.07, 6.45) is -3.90. The van der Waals surface area contributed by atoms with E-state index in [1.807, 2.05) is 0 Å². The number of amides is 3. The molecule has 2 aromatic rings. The van der Waals surface area contributed by atoms with Gasteiger partial charge in [-0.15, -0.1) is 10.2 Å². The molecule has 1 fully saturated rings. The molecule has 1 saturated heterocycles. The quantitative estimate of drug-likeness (QED) is 0.751. The van der Waals surface area contributed by atoms with Crippen molar-refractivity contribution in [3.05, 3.63) is 41.2 Å². The Morgan fingerprint density at radius 3 is 2.48 bits per heavy atom. The summed E-state index contributed by atoms with van der Waals surface area (Å²) in [5.41, 5.74) is -0.228. The van der Waals surface area contributed by atoms with E-state index in [-0.39, 0.29) is 24.9 Å². The third-order valence-electron chi connectivity index (χ3n) is 4.25. The van der Waals surface area contributed by atoms with Crippen molar-refractivity contribution in [2.75, 3.05) is 7.05 Å². The van der Waals surface area contributed by atoms with Crippen LogP contribution in [0.5, 0.6) is 0 Å². The molecule has 27 heavy (non-hydrogen) atoms. The molecular formula is C16H17F3N6O2. The summed E-state index contributed by atoms with van der Waals surface area (Å²) in [6.45, 7) is 0.0802. The number of carbonyl (C=O) groups is 2. The molecule has 0 spiro atoms. The van der Waals surface area contributed by atoms with Gasteiger partial charge in [0.05, 0.1) is 18.7 Å². The number of urea groups is 1. The summed E-state index contributed by atoms with van der Waals surface area (Å²) < 4.78 is 37.8. The number of β-lactam (4-membered cyclic amide) rings is 1. The Morgan fingerprint density at radius 2 is 1.96 bits per heavy atom. The first kappa shape index (κ1) is 18.8. The van der Waals surface area contributed by atoms with E-state index >= 15 is 0 Å². The summed E-state index contributed by atoms with van der Waals surface area (Å²) in [5.74, 6) is 0.117. The minimum atomic E-state index is -4.41. The minimum Gasteiger partial charge on any atom is -0.323 e. The van der Waals surface area contributed by atoms with Crippen LogP contribution < -0.4 is 0 Å². The second kappa shape index (κ2) is 6.97. The SMILES string of the molecule is CN(Cc1ccc(C(F)(F)F)cc1)C(=O)N1C(=O)C[C@H]1Cc1nnn(C)n1. The van der Waals surface area contributed by atoms with Gasteiger partial charge in [0.2, 0.25) is 5.91 Å². The van der Waals surface area contributed by atoms with E-state index in [2.05, 4.69) is 15.4 Å². The molecule has 8 nitrogen and oxygen atoms in total. The lowest BCUT2D eigenvalue weighted by molar-refractivity contribution is -0.141. The van der Waals surface area contributed by atoms with Gasteiger partial charge in [-0.2, -0.15) is 18.0 Å². The maximum Gasteiger partial charge on any atom is 0.416 e. The number of tetrazole rings is 1. The average Bonchev–Trinajstić information content (AvgIpc) is 2.99. The van der Waals surface area contributed by atoms with Gasteiger partial charge < -0.3 is 4.90 Å². The van der Waals surface area contributed by atoms with Gasteiger partial charge in [-0.05, 0) is 22.9 Å². The van der Waals surface area contributed by atoms with Gasteiger partial charge in [-0.1, -0.05) is 12.1 Å². The molecule has 3 amide bonds. The maximum atomic E-state index is 12.6. The van der Waals surface area contributed by atoms with Gasteiger partial charge in [0.1, 0.15) is 0 Å². The van der Waals surface area contributed by atoms with Crippen LogP contribution in [0.15, 0.2) is 24.3 Å². The lowest BCUT2D eigenvalue weighted by Gasteiger charge is -2.40. The van der Waals surface area contributed by atoms with Gasteiger partial charge in [-0.25, -0.2) is 4.79 Å². The fraction of sp³-hybridized carbons (Fsp3) is 0.438. The molecule has 0 aliphatic carbocycles. The first-order valence-corrected chi connectivity index (χ1v) is 8.11. The molecular weight excluding hydrogens is 365 g/mol. The fourth-order valence-electron chi connectivity index (χ4n) is 2.85. The Kier molecular flexibility index (Phi) is 4.85. The molecule has 1 atom stereocenters. The molecule has 11 heteroatoms. The van der Waals surface area contributed by atoms with E-state index in [4.69, 9.17) is 0 Å². The number of halogens is 3. The topological polar surface area (TPSA) is 84.2 Å². The summed E-state index contributed by atoms with van der Waals surface area (Å²) in [6, 6.07) is 3.68. The summed E-state index contributed by atoms with van der Waals surface area (Å²) in [5, 5.41) is 11.6. The van der Waals surface area contributed by atoms with E-state index in [1.54, 1.807) is 7.05 Å². The van der Waals surface area contributed by atoms with Crippen LogP contribution in [0, 0.1) is 0 Å². The lowest BCUT2D eigenvalue weighted by atomic mass is 9.99. The molecule has 144 valence electrons. The Labute approximate surface area is 152 Å². The van der Waals surface area contributed by atoms with Gasteiger partial charge in [0.15, 0.2) is 5.82 Å². The molecule has 0 unspecified atom stereocenters. The van der Waals surface area contributed by atoms with Gasteiger partial charge in [0, 0.05) is 26.4 Å². The fourth-order valence-corrected chi connectivity index (χ4v) is 2.85. The number of aromatic nitrogens is 4. The van der Waals surface area contributed by atoms with Crippen LogP contribution in [0.3, 0.4) is 0 Å². The molecule has 3 rings (SSSR count). The highest BCUT2D eigenvalue weighted by Crippen LogP contribution is 2.29. The molecule has 0 bridgehead atoms. The Bertz CT molecular complexity index is 849. The number of carbonyl (C=O) groups excluding carboxylic acids is 2. The number of hydrogen-bond acceptors (Lipinski definition) is 5. The number of imide groups is 1. The highest BCUT2D eigenvalue weighted by molar-refractivity contribution is 5.99. The van der Waals surface area contributed by atoms with Gasteiger partial charge >= 0.3 is 12.2 Å². The van der Waals surface area contributed by atoms with Crippen LogP contribution in [0.4, 0.5) is 18.0 Å². The summed E-state index contributed by atoms with van der Waals surface area (Å²) in [7, 11) is 3.10. The molecule has 0 radical (unpaired) electrons. The van der Waals surface area contributed by atoms with Crippen molar-refractivity contribution in [3.63, 3.8) is 0 Å². The van der Waals surface area contributed by atoms with E-state index in [0.29, 0.717) is 17.8 Å². The van der Waals surface area contributed by atoms with Crippen LogP contribution >= 0.6 is 0 Å². The van der Waals surface area contributed by atoms with Crippen LogP contribution in [-0.4, -0.2) is 55.0 Å². The number of likely N-dealkylation sites (tertiary alicyclic amines) is 1. The average molecular weight is 382 g/mol. The van der Waals surface area contributed by atoms with Crippen molar-refractivity contribution in [1.82, 2.24) is 30.0 Å². The normalized spacial score (nSPS) is 17.0. The second-order valence-electron chi connectivity index (χ2n) is 6.35. The largest absolute Gasteiger partial charge is 0.416 e. The third kappa shape index (κ3) is 4.07. The second-order valence-corrected chi connectivity index (χ2v) is 6.35. The number of benzene rings is 1. The van der Waals surface area contributed by atoms with Crippen LogP contribution in [0.2, 0.25) is 0 Å². The minimum absolute atomic E-state index is 0.0802. The van der Waals surface area contributed by atoms with Crippen molar-refractivity contribution in [1.29, 1.82) is 0 Å². The molecule has 2 heterocycles. The standard InChI is InChI=1S/C16H17F3N6O2/c1-23(9-10-3-5-11(6-4-10)16(17,18)19)15(27)25-12(8-14(25)26)7-13-20-22-24(2)21-13/h3-6,12H,7-9H2,1-2H3/t12-/m1/s1. The monoisotopic (exact) mass is 382 g/mol. The van der Waals surface area contributed by atoms with Crippen molar-refractivity contribution in [2.45, 2.75) is 31.6 Å². The first-order chi connectivity index (χ1) is 12.6. The van der Waals surface area contributed by atoms with Crippen LogP contribution in [0.1, 0.15) is 23.4 Å². The highest BCUT2D eigenvalue weighted by Gasteiger charge is 2.42. The van der Waals surface area contributed by atoms with Crippen molar-refractivity contribution >= 4 is 11.9 Å². The molecule has 0 saturated carbocycles. The van der Waals surface area contributed by atoms with Gasteiger partial charge in [-0.3, -0.25) is 9.69 Å². The molecule has 1 aromatic carbocycles. The predicted octanol–water partition coefficient (Wildman–Crippen LogP) is 1.62. The van der Waals surface area contributed by atoms with E-state index < -0.39 is 17.8 Å². The van der Waals surface area contributed by atoms with E-state index in [1.165, 1.54) is 28.9 Å². The summed E-state index contributed by atoms with van der Waals surface area (Å²) in [4.78, 5) is 28.1. The molecule has 1 aliphatic rings. The molecule has 1 aromatic heterocycles. The Hall–Kier alpha value is -2.98. The zero-order valence-corrected chi connectivity index (χ0v) is 14.6. The lowest BCUT2D eigenvalue weighted by Crippen LogP contribution is -2.59. The number of hydrogen-bond donors (Lipinski definition) is 0. The Balaban J connectivity index is 1.62. The zero-order valence-electron chi connectivity index (χ0n) is 14.6. The number of alkyl halides is 3. The Morgan fingerprint density at radius 1 is 1.30 bits per heavy atom. The van der Waals surface area contributed by atoms with E-state index in [9.17, 15) is 22.8 Å². The van der Waals surface area contributed by atoms with Crippen molar-refractivity contribution in [3.8, 4) is 0 Å². The van der Waals surface area contributed by atoms with Gasteiger partial charge in [0.25, 0.3) is 0 Å². The number of nitrogens with zero attached hydrogens (tertiary/aromatic N) is 6. The maximum absolute atomic E-state index is 12.6. The molecule has 0 N–H and O–H groups in total. The van der Waals surface area contributed by atoms with Crippen molar-refractivity contribution in [2.24, 2.45) is 7.05 Å². The van der Waals surface area contributed by atoms with E-state index in [0.717, 1.165) is 17.0 Å². The predicted molar refractivity (Wildman–Crippen MR) is 86.1 cm³/mol. The highest BCUT2D eigenvalue weighted by atomic mass is 19.4.